The van der Waals surface area contributed by atoms with Crippen LogP contribution in [0.2, 0.25) is 0 Å². The van der Waals surface area contributed by atoms with Crippen LogP contribution in [0.3, 0.4) is 0 Å². The van der Waals surface area contributed by atoms with Crippen LogP contribution in [0.1, 0.15) is 210 Å². The van der Waals surface area contributed by atoms with Crippen LogP contribution in [0.15, 0.2) is 99.0 Å². The summed E-state index contributed by atoms with van der Waals surface area (Å²) in [4.78, 5) is 160. The Morgan fingerprint density at radius 3 is 1.76 bits per heavy atom. The van der Waals surface area contributed by atoms with Crippen LogP contribution >= 0.6 is 0 Å². The molecule has 11 rings (SSSR count). The molecule has 9 atom stereocenters. The first-order chi connectivity index (χ1) is 59.9. The molecule has 34 heteroatoms. The summed E-state index contributed by atoms with van der Waals surface area (Å²) in [5.41, 5.74) is 9.91. The molecule has 16 bridgehead atoms. The monoisotopic (exact) mass is 1850 g/mol. The fourth-order valence-corrected chi connectivity index (χ4v) is 19.0. The van der Waals surface area contributed by atoms with Gasteiger partial charge in [0.1, 0.15) is 18.9 Å². The fraction of sp³-hybridized carbons (Fsp3) is 0.511. The van der Waals surface area contributed by atoms with Gasteiger partial charge in [-0.1, -0.05) is 112 Å². The number of aliphatic carboxylic acids is 1. The van der Waals surface area contributed by atoms with Crippen molar-refractivity contribution >= 4 is 121 Å². The number of hydrogen-bond acceptors (Lipinski definition) is 27. The summed E-state index contributed by atoms with van der Waals surface area (Å²) >= 11 is 0. The van der Waals surface area contributed by atoms with Crippen molar-refractivity contribution in [3.63, 3.8) is 0 Å². The van der Waals surface area contributed by atoms with Gasteiger partial charge in [-0.2, -0.15) is 5.70 Å². The van der Waals surface area contributed by atoms with Crippen LogP contribution in [0.4, 0.5) is 0 Å². The molecule has 678 valence electrons. The van der Waals surface area contributed by atoms with Gasteiger partial charge in [0.15, 0.2) is 0 Å². The topological polar surface area (TPSA) is 440 Å². The molecule has 4 aromatic heterocycles. The van der Waals surface area contributed by atoms with Crippen LogP contribution in [-0.4, -0.2) is 175 Å². The number of methoxy groups -OCH3 is 6. The number of ether oxygens (including phenoxy) is 9. The van der Waals surface area contributed by atoms with Crippen molar-refractivity contribution in [2.75, 3.05) is 62.5 Å². The Balaban J connectivity index is 0.00000369. The molecule has 11 heterocycles. The van der Waals surface area contributed by atoms with Gasteiger partial charge in [0.05, 0.1) is 115 Å². The molecule has 1 unspecified atom stereocenters. The molecule has 0 amide bonds. The second kappa shape index (κ2) is 44.0. The van der Waals surface area contributed by atoms with Gasteiger partial charge in [-0.3, -0.25) is 58.1 Å². The Labute approximate surface area is 769 Å². The quantitative estimate of drug-likeness (QED) is 0.0149. The first kappa shape index (κ1) is 104. The van der Waals surface area contributed by atoms with Crippen LogP contribution < -0.4 is 9.97 Å². The van der Waals surface area contributed by atoms with E-state index >= 15 is 4.79 Å². The van der Waals surface area contributed by atoms with Crippen molar-refractivity contribution in [3.8, 4) is 0 Å². The van der Waals surface area contributed by atoms with Gasteiger partial charge < -0.3 is 86.7 Å². The predicted octanol–water partition coefficient (Wildman–Crippen LogP) is 13.9. The van der Waals surface area contributed by atoms with Crippen molar-refractivity contribution in [1.82, 2.24) is 34.9 Å². The van der Waals surface area contributed by atoms with Crippen LogP contribution in [-0.2, 0) is 142 Å². The Morgan fingerprint density at radius 2 is 1.14 bits per heavy atom. The van der Waals surface area contributed by atoms with Gasteiger partial charge in [-0.05, 0) is 138 Å². The Bertz CT molecular complexity index is 5490. The summed E-state index contributed by atoms with van der Waals surface area (Å²) < 4.78 is 51.3. The number of allylic oxidation sites excluding steroid dienone is 11. The maximum Gasteiger partial charge on any atom is 3.00 e. The number of carbonyl (C=O) groups excluding carboxylic acids is 8. The van der Waals surface area contributed by atoms with E-state index in [2.05, 4.69) is 23.5 Å². The van der Waals surface area contributed by atoms with E-state index in [1.54, 1.807) is 18.3 Å². The van der Waals surface area contributed by atoms with E-state index in [-0.39, 0.29) is 166 Å². The van der Waals surface area contributed by atoms with E-state index in [1.807, 2.05) is 113 Å². The zero-order chi connectivity index (χ0) is 92.8. The summed E-state index contributed by atoms with van der Waals surface area (Å²) in [6.07, 6.45) is 6.76. The summed E-state index contributed by atoms with van der Waals surface area (Å²) in [6, 6.07) is 6.61. The number of hydrogen-bond donors (Lipinski definition) is 1. The number of fused-ring (bicyclic) bond motifs is 14. The third-order valence-electron chi connectivity index (χ3n) is 26.5. The SMILES string of the molecule is C=CC1=C(C)c2cc3[n-]c(cc4nc(cc5[n-]c(cc1n2)c(C)c5CCC(=O)O)C(CCC(=O)OCCOCCn1cc(COC(=O)C[C@]2(C)/C5=C(\C)C6=N[C@@](C)(C7[N-]/C(=C(/C)C8=N/C(=C\C(=N5)[C@H]2CCC(=O)OC)C(C)(C)[C@@H]8CCC(=O)OC)[C@](C)(CCC(=O)OC)[C@H]7CC(=O)OC)[C@@](C)(CC(=O)OC)[C@@H]6CCC(=O)OC)nn1)=C4C)c(C)c3C=C.[C-]#N.[C-]#N.[Co+3].[Zn+2]. The summed E-state index contributed by atoms with van der Waals surface area (Å²) in [5, 5.41) is 36.7. The van der Waals surface area contributed by atoms with Crippen molar-refractivity contribution in [3.05, 3.63) is 153 Å². The van der Waals surface area contributed by atoms with Gasteiger partial charge in [-0.15, -0.1) is 27.2 Å². The number of rotatable bonds is 34. The van der Waals surface area contributed by atoms with Crippen molar-refractivity contribution in [2.24, 2.45) is 60.3 Å². The van der Waals surface area contributed by atoms with Crippen molar-refractivity contribution < 1.29 is 127 Å². The number of aryl methyl sites for hydroxylation is 3. The molecule has 7 aliphatic heterocycles. The van der Waals surface area contributed by atoms with E-state index in [4.69, 9.17) is 107 Å². The molecule has 128 heavy (non-hydrogen) atoms. The summed E-state index contributed by atoms with van der Waals surface area (Å²) in [7, 11) is 7.77. The number of carboxylic acids is 1. The van der Waals surface area contributed by atoms with Crippen LogP contribution in [0, 0.1) is 82.8 Å². The molecular formula is C94H112CoN13O19Zn. The fourth-order valence-electron chi connectivity index (χ4n) is 19.0. The minimum absolute atomic E-state index is 0. The van der Waals surface area contributed by atoms with Crippen LogP contribution in [0.5, 0.6) is 0 Å². The molecule has 4 aromatic rings. The molecule has 0 saturated carbocycles. The first-order valence-electron chi connectivity index (χ1n) is 41.7. The predicted molar refractivity (Wildman–Crippen MR) is 467 cm³/mol. The molecule has 1 N–H and O–H groups in total. The Morgan fingerprint density at radius 1 is 0.570 bits per heavy atom. The number of carboxylic acid groups (broad SMARTS) is 1. The normalized spacial score (nSPS) is 23.7. The summed E-state index contributed by atoms with van der Waals surface area (Å²) in [6.45, 7) is 40.9. The smallest absolute Gasteiger partial charge is 0.682 e. The molecule has 7 aliphatic rings. The molecule has 0 radical (unpaired) electrons. The van der Waals surface area contributed by atoms with Gasteiger partial charge in [0.25, 0.3) is 0 Å². The van der Waals surface area contributed by atoms with Crippen molar-refractivity contribution in [1.29, 1.82) is 10.5 Å². The molecule has 0 aromatic carbocycles. The average molecular weight is 1850 g/mol. The van der Waals surface area contributed by atoms with Crippen molar-refractivity contribution in [2.45, 2.75) is 204 Å². The van der Waals surface area contributed by atoms with Crippen LogP contribution in [0.25, 0.3) is 55.8 Å². The molecule has 0 spiro atoms. The van der Waals surface area contributed by atoms with E-state index in [0.29, 0.717) is 95.9 Å². The number of aromatic nitrogens is 7. The van der Waals surface area contributed by atoms with E-state index in [0.717, 1.165) is 44.5 Å². The molecule has 32 nitrogen and oxygen atoms in total. The minimum atomic E-state index is -1.49. The second-order valence-corrected chi connectivity index (χ2v) is 33.8. The summed E-state index contributed by atoms with van der Waals surface area (Å²) in [5.74, 6) is -8.14. The standard InChI is InChI=1S/C92H113N11O19.2CN.Co.Zn/c1-21-56-49(3)64-40-65-52(6)59(71(95-65)43-70-58(23-28-74(104)105)51(5)67(96-70)42-69-57(22-2)50(4)66(94-69)41-68(56)93-64)24-29-79(110)121-38-37-120-36-35-103-47-55(101-102-103)48-122-82(113)45-90(12)60(25-30-75(106)114-15)72-44-73-88(9,10)61(26-31-76(107)115-16)83(98-73)53(7)85-89(11,34-33-78(109)117-18)63(39-80(111)118-19)87(99-85)92(14)91(13,46-81(112)119-20)62(27-32-77(108)116-17)84(100-92)54(8)86(90)97-72;2*1-2;;/h21-22,40-44,47,60-63,87H,1-2,23-39,45-46,48H2,3-20H3,(H2-2,93,94,95,96,97,98,99,100,101,102,104,105);;;;/q-2;2*-1;+3;+2/p-1/t60-,61-,62-,63+,87?,89-,90+,91+,92+;;;;/m1..../s1. The first-order valence-corrected chi connectivity index (χ1v) is 41.7. The maximum absolute atomic E-state index is 15.1. The maximum atomic E-state index is 15.1. The molecular weight excluding hydrogens is 1740 g/mol. The molecule has 1 fully saturated rings. The van der Waals surface area contributed by atoms with Gasteiger partial charge in [-0.25, -0.2) is 14.6 Å². The number of aliphatic imine (C=N–C) groups is 3. The van der Waals surface area contributed by atoms with E-state index < -0.39 is 111 Å². The minimum Gasteiger partial charge on any atom is -0.682 e. The zero-order valence-corrected chi connectivity index (χ0v) is 80.2. The zero-order valence-electron chi connectivity index (χ0n) is 76.2. The Kier molecular flexibility index (Phi) is 35.6. The largest absolute Gasteiger partial charge is 3.00 e. The van der Waals surface area contributed by atoms with E-state index in [1.165, 1.54) is 47.3 Å². The van der Waals surface area contributed by atoms with Gasteiger partial charge in [0, 0.05) is 107 Å². The van der Waals surface area contributed by atoms with E-state index in [9.17, 15) is 43.5 Å². The van der Waals surface area contributed by atoms with Gasteiger partial charge in [0.2, 0.25) is 0 Å². The number of carbonyl (C=O) groups is 9. The third-order valence-corrected chi connectivity index (χ3v) is 26.5. The Hall–Kier alpha value is -11.5. The van der Waals surface area contributed by atoms with Gasteiger partial charge >= 0.3 is 90.0 Å². The third kappa shape index (κ3) is 21.4. The molecule has 1 saturated heterocycles. The number of esters is 8. The second-order valence-electron chi connectivity index (χ2n) is 33.8. The number of nitrogens with zero attached hydrogens (tertiary/aromatic N) is 13. The molecule has 0 aliphatic carbocycles. The average Bonchev–Trinajstić information content (AvgIpc) is 1.52.